The minimum absolute atomic E-state index is 0.413. The maximum Gasteiger partial charge on any atom is 0.0829 e. The Bertz CT molecular complexity index is 270. The Balaban J connectivity index is 1.74. The molecule has 2 fully saturated rings. The molecule has 2 rings (SSSR count). The molecule has 0 spiro atoms. The molecule has 0 aromatic rings. The SMILES string of the molecule is CNCC1CCCN(CC2CN(CC(C)C)CCO2)C1. The fraction of sp³-hybridized carbons (Fsp3) is 1.00. The summed E-state index contributed by atoms with van der Waals surface area (Å²) in [7, 11) is 2.06. The number of morpholine rings is 1. The molecule has 0 bridgehead atoms. The Morgan fingerprint density at radius 3 is 2.80 bits per heavy atom. The molecule has 4 nitrogen and oxygen atoms in total. The van der Waals surface area contributed by atoms with Crippen molar-refractivity contribution in [2.75, 3.05) is 59.5 Å². The van der Waals surface area contributed by atoms with Gasteiger partial charge in [0.1, 0.15) is 0 Å². The predicted octanol–water partition coefficient (Wildman–Crippen LogP) is 1.27. The van der Waals surface area contributed by atoms with Crippen molar-refractivity contribution in [1.29, 1.82) is 0 Å². The first-order chi connectivity index (χ1) is 9.67. The van der Waals surface area contributed by atoms with Crippen LogP contribution in [0.2, 0.25) is 0 Å². The maximum atomic E-state index is 5.99. The summed E-state index contributed by atoms with van der Waals surface area (Å²) in [5, 5.41) is 3.32. The van der Waals surface area contributed by atoms with Gasteiger partial charge in [-0.2, -0.15) is 0 Å². The van der Waals surface area contributed by atoms with Crippen LogP contribution in [0.25, 0.3) is 0 Å². The zero-order valence-corrected chi connectivity index (χ0v) is 13.6. The lowest BCUT2D eigenvalue weighted by molar-refractivity contribution is -0.0501. The van der Waals surface area contributed by atoms with Gasteiger partial charge in [0.15, 0.2) is 0 Å². The molecule has 20 heavy (non-hydrogen) atoms. The summed E-state index contributed by atoms with van der Waals surface area (Å²) in [6.07, 6.45) is 3.13. The zero-order valence-electron chi connectivity index (χ0n) is 13.6. The third kappa shape index (κ3) is 5.32. The van der Waals surface area contributed by atoms with E-state index in [1.165, 1.54) is 32.5 Å². The molecule has 2 unspecified atom stereocenters. The van der Waals surface area contributed by atoms with Crippen LogP contribution in [0.5, 0.6) is 0 Å². The number of hydrogen-bond donors (Lipinski definition) is 1. The average molecular weight is 283 g/mol. The molecule has 0 amide bonds. The van der Waals surface area contributed by atoms with Gasteiger partial charge in [0.25, 0.3) is 0 Å². The smallest absolute Gasteiger partial charge is 0.0829 e. The molecule has 2 saturated heterocycles. The van der Waals surface area contributed by atoms with E-state index in [4.69, 9.17) is 4.74 Å². The van der Waals surface area contributed by atoms with E-state index in [1.807, 2.05) is 0 Å². The molecule has 0 aromatic heterocycles. The zero-order chi connectivity index (χ0) is 14.4. The van der Waals surface area contributed by atoms with Gasteiger partial charge in [0.05, 0.1) is 12.7 Å². The second kappa shape index (κ2) is 8.32. The van der Waals surface area contributed by atoms with Crippen LogP contribution < -0.4 is 5.32 Å². The molecule has 2 aliphatic rings. The molecule has 0 aliphatic carbocycles. The molecule has 0 saturated carbocycles. The molecular weight excluding hydrogens is 250 g/mol. The van der Waals surface area contributed by atoms with Gasteiger partial charge < -0.3 is 15.0 Å². The summed E-state index contributed by atoms with van der Waals surface area (Å²) in [5.41, 5.74) is 0. The highest BCUT2D eigenvalue weighted by Crippen LogP contribution is 2.17. The van der Waals surface area contributed by atoms with E-state index in [2.05, 4.69) is 36.0 Å². The Hall–Kier alpha value is -0.160. The molecule has 2 aliphatic heterocycles. The number of rotatable bonds is 6. The van der Waals surface area contributed by atoms with Crippen LogP contribution in [0.3, 0.4) is 0 Å². The summed E-state index contributed by atoms with van der Waals surface area (Å²) >= 11 is 0. The lowest BCUT2D eigenvalue weighted by Crippen LogP contribution is -2.50. The minimum atomic E-state index is 0.413. The number of nitrogens with zero attached hydrogens (tertiary/aromatic N) is 2. The van der Waals surface area contributed by atoms with E-state index in [0.717, 1.165) is 44.6 Å². The summed E-state index contributed by atoms with van der Waals surface area (Å²) in [4.78, 5) is 5.20. The van der Waals surface area contributed by atoms with Gasteiger partial charge in [-0.1, -0.05) is 13.8 Å². The Labute approximate surface area is 124 Å². The average Bonchev–Trinajstić information content (AvgIpc) is 2.39. The Kier molecular flexibility index (Phi) is 6.75. The van der Waals surface area contributed by atoms with Crippen LogP contribution in [-0.4, -0.2) is 75.4 Å². The summed E-state index contributed by atoms with van der Waals surface area (Å²) in [5.74, 6) is 1.58. The topological polar surface area (TPSA) is 27.7 Å². The number of hydrogen-bond acceptors (Lipinski definition) is 4. The highest BCUT2D eigenvalue weighted by Gasteiger charge is 2.26. The summed E-state index contributed by atoms with van der Waals surface area (Å²) < 4.78 is 5.99. The maximum absolute atomic E-state index is 5.99. The van der Waals surface area contributed by atoms with Crippen LogP contribution in [0.15, 0.2) is 0 Å². The van der Waals surface area contributed by atoms with Gasteiger partial charge in [0.2, 0.25) is 0 Å². The van der Waals surface area contributed by atoms with Crippen molar-refractivity contribution >= 4 is 0 Å². The van der Waals surface area contributed by atoms with Gasteiger partial charge in [-0.3, -0.25) is 4.90 Å². The van der Waals surface area contributed by atoms with E-state index in [-0.39, 0.29) is 0 Å². The number of ether oxygens (including phenoxy) is 1. The van der Waals surface area contributed by atoms with E-state index >= 15 is 0 Å². The second-order valence-corrected chi connectivity index (χ2v) is 6.97. The molecule has 2 atom stereocenters. The molecular formula is C16H33N3O. The lowest BCUT2D eigenvalue weighted by atomic mass is 9.97. The fourth-order valence-corrected chi connectivity index (χ4v) is 3.63. The normalized spacial score (nSPS) is 30.0. The lowest BCUT2D eigenvalue weighted by Gasteiger charge is -2.39. The predicted molar refractivity (Wildman–Crippen MR) is 84.1 cm³/mol. The monoisotopic (exact) mass is 283 g/mol. The van der Waals surface area contributed by atoms with Crippen LogP contribution >= 0.6 is 0 Å². The Morgan fingerprint density at radius 1 is 1.20 bits per heavy atom. The first-order valence-electron chi connectivity index (χ1n) is 8.38. The van der Waals surface area contributed by atoms with Crippen molar-refractivity contribution in [2.45, 2.75) is 32.8 Å². The molecule has 1 N–H and O–H groups in total. The largest absolute Gasteiger partial charge is 0.374 e. The third-order valence-corrected chi connectivity index (χ3v) is 4.40. The van der Waals surface area contributed by atoms with Gasteiger partial charge in [-0.25, -0.2) is 0 Å². The van der Waals surface area contributed by atoms with E-state index in [1.54, 1.807) is 0 Å². The minimum Gasteiger partial charge on any atom is -0.374 e. The molecule has 0 aromatic carbocycles. The van der Waals surface area contributed by atoms with Gasteiger partial charge >= 0.3 is 0 Å². The van der Waals surface area contributed by atoms with E-state index < -0.39 is 0 Å². The fourth-order valence-electron chi connectivity index (χ4n) is 3.63. The molecule has 0 radical (unpaired) electrons. The first kappa shape index (κ1) is 16.2. The highest BCUT2D eigenvalue weighted by atomic mass is 16.5. The Morgan fingerprint density at radius 2 is 2.05 bits per heavy atom. The highest BCUT2D eigenvalue weighted by molar-refractivity contribution is 4.80. The summed E-state index contributed by atoms with van der Waals surface area (Å²) in [6, 6.07) is 0. The first-order valence-corrected chi connectivity index (χ1v) is 8.38. The van der Waals surface area contributed by atoms with Crippen molar-refractivity contribution < 1.29 is 4.74 Å². The van der Waals surface area contributed by atoms with Gasteiger partial charge in [0, 0.05) is 32.7 Å². The quantitative estimate of drug-likeness (QED) is 0.795. The van der Waals surface area contributed by atoms with Gasteiger partial charge in [-0.15, -0.1) is 0 Å². The van der Waals surface area contributed by atoms with Crippen molar-refractivity contribution in [3.63, 3.8) is 0 Å². The number of nitrogens with one attached hydrogen (secondary N) is 1. The number of likely N-dealkylation sites (tertiary alicyclic amines) is 1. The molecule has 4 heteroatoms. The van der Waals surface area contributed by atoms with E-state index in [0.29, 0.717) is 6.10 Å². The molecule has 118 valence electrons. The van der Waals surface area contributed by atoms with Crippen molar-refractivity contribution in [3.05, 3.63) is 0 Å². The van der Waals surface area contributed by atoms with Crippen LogP contribution in [0, 0.1) is 11.8 Å². The van der Waals surface area contributed by atoms with Crippen LogP contribution in [0.1, 0.15) is 26.7 Å². The van der Waals surface area contributed by atoms with Crippen LogP contribution in [0.4, 0.5) is 0 Å². The van der Waals surface area contributed by atoms with Crippen molar-refractivity contribution in [1.82, 2.24) is 15.1 Å². The third-order valence-electron chi connectivity index (χ3n) is 4.40. The second-order valence-electron chi connectivity index (χ2n) is 6.97. The standard InChI is InChI=1S/C16H33N3O/c1-14(2)10-19-7-8-20-16(13-19)12-18-6-4-5-15(11-18)9-17-3/h14-17H,4-13H2,1-3H3. The van der Waals surface area contributed by atoms with Crippen molar-refractivity contribution in [3.8, 4) is 0 Å². The summed E-state index contributed by atoms with van der Waals surface area (Å²) in [6.45, 7) is 13.7. The van der Waals surface area contributed by atoms with Crippen molar-refractivity contribution in [2.24, 2.45) is 11.8 Å². The molecule has 2 heterocycles. The van der Waals surface area contributed by atoms with Gasteiger partial charge in [-0.05, 0) is 44.8 Å². The van der Waals surface area contributed by atoms with E-state index in [9.17, 15) is 0 Å². The number of piperidine rings is 1. The van der Waals surface area contributed by atoms with Crippen LogP contribution in [-0.2, 0) is 4.74 Å².